The van der Waals surface area contributed by atoms with Crippen molar-refractivity contribution in [3.8, 4) is 16.9 Å². The van der Waals surface area contributed by atoms with E-state index in [1.165, 1.54) is 16.7 Å². The molecule has 0 amide bonds. The van der Waals surface area contributed by atoms with Gasteiger partial charge in [-0.1, -0.05) is 78.9 Å². The van der Waals surface area contributed by atoms with Crippen LogP contribution in [0, 0.1) is 0 Å². The SMILES string of the molecule is COc1c(Cc2ccccc2)cccc1-c1ccccc1. The van der Waals surface area contributed by atoms with E-state index in [0.29, 0.717) is 0 Å². The molecule has 0 unspecified atom stereocenters. The number of methoxy groups -OCH3 is 1. The number of benzene rings is 3. The Balaban J connectivity index is 2.02. The zero-order chi connectivity index (χ0) is 14.5. The van der Waals surface area contributed by atoms with E-state index in [1.807, 2.05) is 12.1 Å². The molecule has 0 saturated carbocycles. The lowest BCUT2D eigenvalue weighted by atomic mass is 9.97. The van der Waals surface area contributed by atoms with Crippen molar-refractivity contribution in [2.24, 2.45) is 0 Å². The summed E-state index contributed by atoms with van der Waals surface area (Å²) in [5.41, 5.74) is 4.84. The van der Waals surface area contributed by atoms with Crippen molar-refractivity contribution < 1.29 is 4.74 Å². The first-order valence-corrected chi connectivity index (χ1v) is 7.13. The third-order valence-corrected chi connectivity index (χ3v) is 3.62. The lowest BCUT2D eigenvalue weighted by molar-refractivity contribution is 0.412. The van der Waals surface area contributed by atoms with Crippen molar-refractivity contribution >= 4 is 0 Å². The molecule has 0 saturated heterocycles. The molecule has 0 heterocycles. The summed E-state index contributed by atoms with van der Waals surface area (Å²) < 4.78 is 5.70. The molecule has 1 nitrogen and oxygen atoms in total. The fourth-order valence-corrected chi connectivity index (χ4v) is 2.63. The smallest absolute Gasteiger partial charge is 0.130 e. The fraction of sp³-hybridized carbons (Fsp3) is 0.100. The summed E-state index contributed by atoms with van der Waals surface area (Å²) in [7, 11) is 1.75. The van der Waals surface area contributed by atoms with Crippen LogP contribution in [0.25, 0.3) is 11.1 Å². The van der Waals surface area contributed by atoms with E-state index in [-0.39, 0.29) is 0 Å². The van der Waals surface area contributed by atoms with Crippen LogP contribution in [0.15, 0.2) is 78.9 Å². The van der Waals surface area contributed by atoms with Crippen molar-refractivity contribution in [1.82, 2.24) is 0 Å². The van der Waals surface area contributed by atoms with Crippen LogP contribution >= 0.6 is 0 Å². The Bertz CT molecular complexity index is 702. The summed E-state index contributed by atoms with van der Waals surface area (Å²) in [5.74, 6) is 0.965. The van der Waals surface area contributed by atoms with Gasteiger partial charge in [-0.3, -0.25) is 0 Å². The molecule has 0 aliphatic carbocycles. The van der Waals surface area contributed by atoms with Crippen molar-refractivity contribution in [3.05, 3.63) is 90.0 Å². The van der Waals surface area contributed by atoms with Crippen LogP contribution in [0.5, 0.6) is 5.75 Å². The fourth-order valence-electron chi connectivity index (χ4n) is 2.63. The van der Waals surface area contributed by atoms with Crippen LogP contribution < -0.4 is 4.74 Å². The minimum Gasteiger partial charge on any atom is -0.496 e. The molecule has 0 aliphatic heterocycles. The Morgan fingerprint density at radius 1 is 0.714 bits per heavy atom. The standard InChI is InChI=1S/C20H18O/c1-21-20-18(15-16-9-4-2-5-10-16)13-8-14-19(20)17-11-6-3-7-12-17/h2-14H,15H2,1H3. The predicted molar refractivity (Wildman–Crippen MR) is 87.7 cm³/mol. The van der Waals surface area contributed by atoms with Gasteiger partial charge in [0.1, 0.15) is 5.75 Å². The first kappa shape index (κ1) is 13.4. The molecule has 104 valence electrons. The van der Waals surface area contributed by atoms with Gasteiger partial charge in [0.2, 0.25) is 0 Å². The van der Waals surface area contributed by atoms with Crippen LogP contribution in [-0.2, 0) is 6.42 Å². The van der Waals surface area contributed by atoms with Crippen molar-refractivity contribution in [1.29, 1.82) is 0 Å². The Morgan fingerprint density at radius 2 is 1.38 bits per heavy atom. The number of hydrogen-bond acceptors (Lipinski definition) is 1. The average molecular weight is 274 g/mol. The molecular weight excluding hydrogens is 256 g/mol. The van der Waals surface area contributed by atoms with Gasteiger partial charge in [0.25, 0.3) is 0 Å². The summed E-state index contributed by atoms with van der Waals surface area (Å²) >= 11 is 0. The normalized spacial score (nSPS) is 10.3. The van der Waals surface area contributed by atoms with E-state index < -0.39 is 0 Å². The van der Waals surface area contributed by atoms with Gasteiger partial charge in [-0.05, 0) is 16.7 Å². The highest BCUT2D eigenvalue weighted by atomic mass is 16.5. The van der Waals surface area contributed by atoms with E-state index in [4.69, 9.17) is 4.74 Å². The van der Waals surface area contributed by atoms with Gasteiger partial charge in [0, 0.05) is 12.0 Å². The average Bonchev–Trinajstić information content (AvgIpc) is 2.56. The highest BCUT2D eigenvalue weighted by Gasteiger charge is 2.10. The van der Waals surface area contributed by atoms with Gasteiger partial charge in [-0.15, -0.1) is 0 Å². The zero-order valence-corrected chi connectivity index (χ0v) is 12.1. The molecule has 0 aliphatic rings. The quantitative estimate of drug-likeness (QED) is 0.654. The van der Waals surface area contributed by atoms with E-state index in [0.717, 1.165) is 17.7 Å². The maximum atomic E-state index is 5.70. The van der Waals surface area contributed by atoms with E-state index in [1.54, 1.807) is 7.11 Å². The zero-order valence-electron chi connectivity index (χ0n) is 12.1. The predicted octanol–water partition coefficient (Wildman–Crippen LogP) is 4.95. The van der Waals surface area contributed by atoms with Gasteiger partial charge in [0.05, 0.1) is 7.11 Å². The Morgan fingerprint density at radius 3 is 2.05 bits per heavy atom. The highest BCUT2D eigenvalue weighted by Crippen LogP contribution is 2.34. The number of rotatable bonds is 4. The van der Waals surface area contributed by atoms with Crippen LogP contribution in [0.1, 0.15) is 11.1 Å². The Kier molecular flexibility index (Phi) is 4.02. The Labute approximate surface area is 125 Å². The second kappa shape index (κ2) is 6.27. The van der Waals surface area contributed by atoms with Gasteiger partial charge >= 0.3 is 0 Å². The van der Waals surface area contributed by atoms with Crippen molar-refractivity contribution in [3.63, 3.8) is 0 Å². The molecule has 3 aromatic rings. The van der Waals surface area contributed by atoms with Gasteiger partial charge in [0.15, 0.2) is 0 Å². The number of para-hydroxylation sites is 1. The minimum atomic E-state index is 0.880. The Hall–Kier alpha value is -2.54. The molecule has 0 radical (unpaired) electrons. The topological polar surface area (TPSA) is 9.23 Å². The first-order valence-electron chi connectivity index (χ1n) is 7.13. The molecule has 21 heavy (non-hydrogen) atoms. The largest absolute Gasteiger partial charge is 0.496 e. The minimum absolute atomic E-state index is 0.880. The molecule has 1 heteroatoms. The monoisotopic (exact) mass is 274 g/mol. The molecule has 3 aromatic carbocycles. The molecule has 0 N–H and O–H groups in total. The third-order valence-electron chi connectivity index (χ3n) is 3.62. The summed E-state index contributed by atoms with van der Waals surface area (Å²) in [6.07, 6.45) is 0.880. The van der Waals surface area contributed by atoms with E-state index in [9.17, 15) is 0 Å². The molecule has 0 atom stereocenters. The number of ether oxygens (including phenoxy) is 1. The first-order chi connectivity index (χ1) is 10.4. The van der Waals surface area contributed by atoms with E-state index in [2.05, 4.69) is 66.7 Å². The van der Waals surface area contributed by atoms with E-state index >= 15 is 0 Å². The number of hydrogen-bond donors (Lipinski definition) is 0. The van der Waals surface area contributed by atoms with Gasteiger partial charge in [-0.25, -0.2) is 0 Å². The molecule has 0 bridgehead atoms. The third kappa shape index (κ3) is 2.97. The van der Waals surface area contributed by atoms with Crippen molar-refractivity contribution in [2.75, 3.05) is 7.11 Å². The lowest BCUT2D eigenvalue weighted by Crippen LogP contribution is -1.96. The van der Waals surface area contributed by atoms with Crippen LogP contribution in [0.2, 0.25) is 0 Å². The highest BCUT2D eigenvalue weighted by molar-refractivity contribution is 5.72. The second-order valence-electron chi connectivity index (χ2n) is 5.03. The van der Waals surface area contributed by atoms with Gasteiger partial charge in [-0.2, -0.15) is 0 Å². The lowest BCUT2D eigenvalue weighted by Gasteiger charge is -2.14. The molecule has 3 rings (SSSR count). The van der Waals surface area contributed by atoms with Crippen LogP contribution in [0.3, 0.4) is 0 Å². The maximum Gasteiger partial charge on any atom is 0.130 e. The van der Waals surface area contributed by atoms with Gasteiger partial charge < -0.3 is 4.74 Å². The maximum absolute atomic E-state index is 5.70. The molecule has 0 spiro atoms. The van der Waals surface area contributed by atoms with Crippen LogP contribution in [0.4, 0.5) is 0 Å². The van der Waals surface area contributed by atoms with Crippen molar-refractivity contribution in [2.45, 2.75) is 6.42 Å². The van der Waals surface area contributed by atoms with Crippen LogP contribution in [-0.4, -0.2) is 7.11 Å². The second-order valence-corrected chi connectivity index (χ2v) is 5.03. The summed E-state index contributed by atoms with van der Waals surface area (Å²) in [4.78, 5) is 0. The molecule has 0 fully saturated rings. The molecule has 0 aromatic heterocycles. The summed E-state index contributed by atoms with van der Waals surface area (Å²) in [6, 6.07) is 27.2. The summed E-state index contributed by atoms with van der Waals surface area (Å²) in [6.45, 7) is 0. The summed E-state index contributed by atoms with van der Waals surface area (Å²) in [5, 5.41) is 0. The molecular formula is C20H18O.